The second-order valence-electron chi connectivity index (χ2n) is 10.6. The van der Waals surface area contributed by atoms with Crippen molar-refractivity contribution in [2.75, 3.05) is 29.6 Å². The monoisotopic (exact) mass is 628 g/mol. The molecule has 2 N–H and O–H groups in total. The number of sulfonamides is 1. The number of nitrogens with zero attached hydrogens (tertiary/aromatic N) is 4. The molecule has 2 atom stereocenters. The molecule has 0 aliphatic carbocycles. The summed E-state index contributed by atoms with van der Waals surface area (Å²) in [6.07, 6.45) is 1.38. The fourth-order valence-corrected chi connectivity index (χ4v) is 5.70. The van der Waals surface area contributed by atoms with Gasteiger partial charge in [-0.15, -0.1) is 0 Å². The van der Waals surface area contributed by atoms with Gasteiger partial charge in [0.05, 0.1) is 35.4 Å². The van der Waals surface area contributed by atoms with Gasteiger partial charge in [-0.05, 0) is 61.9 Å². The third-order valence-electron chi connectivity index (χ3n) is 7.07. The Kier molecular flexibility index (Phi) is 8.30. The number of halogens is 2. The van der Waals surface area contributed by atoms with Crippen molar-refractivity contribution in [3.05, 3.63) is 86.7 Å². The highest BCUT2D eigenvalue weighted by atomic mass is 35.5. The summed E-state index contributed by atoms with van der Waals surface area (Å²) >= 11 is 6.01. The number of benzene rings is 2. The molecule has 43 heavy (non-hydrogen) atoms. The number of aromatic nitrogens is 3. The molecule has 2 aromatic carbocycles. The van der Waals surface area contributed by atoms with Gasteiger partial charge < -0.3 is 15.0 Å². The predicted octanol–water partition coefficient (Wildman–Crippen LogP) is 3.95. The molecule has 1 saturated heterocycles. The summed E-state index contributed by atoms with van der Waals surface area (Å²) in [6, 6.07) is 12.1. The average molecular weight is 629 g/mol. The number of anilines is 2. The van der Waals surface area contributed by atoms with Gasteiger partial charge in [0.15, 0.2) is 5.69 Å². The van der Waals surface area contributed by atoms with Gasteiger partial charge in [0, 0.05) is 25.6 Å². The molecule has 11 nitrogen and oxygen atoms in total. The number of pyridine rings is 1. The first-order chi connectivity index (χ1) is 20.3. The molecule has 2 aromatic heterocycles. The van der Waals surface area contributed by atoms with Crippen LogP contribution in [-0.4, -0.2) is 54.3 Å². The lowest BCUT2D eigenvalue weighted by molar-refractivity contribution is 0.0977. The lowest BCUT2D eigenvalue weighted by Crippen LogP contribution is -2.32. The first-order valence-corrected chi connectivity index (χ1v) is 15.7. The number of nitrogens with one attached hydrogen (secondary N) is 2. The highest BCUT2D eigenvalue weighted by Gasteiger charge is 2.28. The van der Waals surface area contributed by atoms with Gasteiger partial charge in [-0.2, -0.15) is 0 Å². The number of carbonyl (C=O) groups excluding carboxylic acids is 1. The Morgan fingerprint density at radius 3 is 2.58 bits per heavy atom. The van der Waals surface area contributed by atoms with Gasteiger partial charge in [-0.3, -0.25) is 14.2 Å². The topological polar surface area (TPSA) is 136 Å². The third-order valence-corrected chi connectivity index (χ3v) is 7.83. The second kappa shape index (κ2) is 11.8. The van der Waals surface area contributed by atoms with Crippen LogP contribution in [0.3, 0.4) is 0 Å². The van der Waals surface area contributed by atoms with Crippen LogP contribution in [0, 0.1) is 12.7 Å². The zero-order valence-electron chi connectivity index (χ0n) is 23.9. The van der Waals surface area contributed by atoms with E-state index in [2.05, 4.69) is 10.3 Å². The zero-order chi connectivity index (χ0) is 31.1. The van der Waals surface area contributed by atoms with Crippen molar-refractivity contribution in [2.45, 2.75) is 32.4 Å². The first-order valence-electron chi connectivity index (χ1n) is 13.4. The molecule has 226 valence electrons. The van der Waals surface area contributed by atoms with Crippen molar-refractivity contribution < 1.29 is 22.3 Å². The van der Waals surface area contributed by atoms with Crippen LogP contribution >= 0.6 is 11.6 Å². The van der Waals surface area contributed by atoms with E-state index in [0.717, 1.165) is 11.8 Å². The normalized spacial score (nSPS) is 15.9. The van der Waals surface area contributed by atoms with Gasteiger partial charge in [-0.25, -0.2) is 27.5 Å². The van der Waals surface area contributed by atoms with Crippen LogP contribution in [0.2, 0.25) is 5.15 Å². The van der Waals surface area contributed by atoms with E-state index in [4.69, 9.17) is 21.3 Å². The number of rotatable bonds is 8. The third kappa shape index (κ3) is 6.73. The van der Waals surface area contributed by atoms with Crippen LogP contribution in [0.5, 0.6) is 5.75 Å². The van der Waals surface area contributed by atoms with Gasteiger partial charge in [0.1, 0.15) is 22.8 Å². The summed E-state index contributed by atoms with van der Waals surface area (Å²) in [6.45, 7) is 4.79. The number of hydrogen-bond acceptors (Lipinski definition) is 9. The van der Waals surface area contributed by atoms with E-state index < -0.39 is 22.0 Å². The van der Waals surface area contributed by atoms with E-state index in [9.17, 15) is 22.4 Å². The maximum Gasteiger partial charge on any atom is 0.285 e. The fraction of sp³-hybridized carbons (Fsp3) is 0.310. The summed E-state index contributed by atoms with van der Waals surface area (Å²) < 4.78 is 46.1. The zero-order valence-corrected chi connectivity index (χ0v) is 25.5. The Morgan fingerprint density at radius 1 is 1.16 bits per heavy atom. The molecule has 0 saturated carbocycles. The molecule has 1 aliphatic heterocycles. The van der Waals surface area contributed by atoms with Crippen molar-refractivity contribution in [3.8, 4) is 5.75 Å². The Bertz CT molecular complexity index is 1880. The van der Waals surface area contributed by atoms with Gasteiger partial charge in [0.2, 0.25) is 16.0 Å². The first kappa shape index (κ1) is 30.2. The molecule has 5 rings (SSSR count). The molecule has 0 bridgehead atoms. The smallest absolute Gasteiger partial charge is 0.285 e. The maximum absolute atomic E-state index is 13.6. The minimum absolute atomic E-state index is 0.0139. The number of amides is 1. The summed E-state index contributed by atoms with van der Waals surface area (Å²) in [5.41, 5.74) is 1.84. The molecule has 0 unspecified atom stereocenters. The van der Waals surface area contributed by atoms with Crippen LogP contribution in [0.15, 0.2) is 53.3 Å². The molecular formula is C29H30ClFN6O5S. The molecular weight excluding hydrogens is 599 g/mol. The van der Waals surface area contributed by atoms with Crippen LogP contribution in [-0.2, 0) is 17.1 Å². The summed E-state index contributed by atoms with van der Waals surface area (Å²) in [5, 5.41) is 3.66. The Morgan fingerprint density at radius 2 is 1.88 bits per heavy atom. The van der Waals surface area contributed by atoms with E-state index >= 15 is 0 Å². The number of fused-ring (bicyclic) bond motifs is 1. The quantitative estimate of drug-likeness (QED) is 0.278. The van der Waals surface area contributed by atoms with Gasteiger partial charge in [-0.1, -0.05) is 17.7 Å². The SMILES string of the molecule is Cc1cc([C@@H](C)Nc2ccc(Cl)nc2C(=O)NS(C)(=O)=O)c2nc(N3CC[C@H](Oc4ccc(F)cc4)C3)n(C)c(=O)c2c1. The fourth-order valence-electron chi connectivity index (χ4n) is 5.12. The molecule has 4 aromatic rings. The summed E-state index contributed by atoms with van der Waals surface area (Å²) in [7, 11) is -2.17. The molecule has 3 heterocycles. The Balaban J connectivity index is 1.48. The number of aryl methyl sites for hydroxylation is 1. The number of hydrogen-bond donors (Lipinski definition) is 2. The van der Waals surface area contributed by atoms with E-state index in [-0.39, 0.29) is 34.0 Å². The molecule has 0 spiro atoms. The van der Waals surface area contributed by atoms with Crippen molar-refractivity contribution >= 4 is 50.1 Å². The lowest BCUT2D eigenvalue weighted by Gasteiger charge is -2.23. The van der Waals surface area contributed by atoms with Crippen molar-refractivity contribution in [1.82, 2.24) is 19.3 Å². The lowest BCUT2D eigenvalue weighted by atomic mass is 10.0. The molecule has 14 heteroatoms. The predicted molar refractivity (Wildman–Crippen MR) is 163 cm³/mol. The van der Waals surface area contributed by atoms with E-state index in [1.54, 1.807) is 25.2 Å². The van der Waals surface area contributed by atoms with E-state index in [0.29, 0.717) is 47.7 Å². The minimum atomic E-state index is -3.85. The van der Waals surface area contributed by atoms with E-state index in [1.807, 2.05) is 29.5 Å². The minimum Gasteiger partial charge on any atom is -0.489 e. The molecule has 1 fully saturated rings. The largest absolute Gasteiger partial charge is 0.489 e. The number of ether oxygens (including phenoxy) is 1. The van der Waals surface area contributed by atoms with Crippen LogP contribution in [0.4, 0.5) is 16.0 Å². The standard InChI is InChI=1S/C29H30ClFN6O5S/c1-16-13-21(17(2)32-23-9-10-24(30)33-26(23)27(38)35-43(4,40)41)25-22(14-16)28(39)36(3)29(34-25)37-12-11-20(15-37)42-19-7-5-18(31)6-8-19/h5-10,13-14,17,20,32H,11-12,15H2,1-4H3,(H,35,38)/t17-,20+/m1/s1. The Hall–Kier alpha value is -4.23. The van der Waals surface area contributed by atoms with Crippen molar-refractivity contribution in [3.63, 3.8) is 0 Å². The highest BCUT2D eigenvalue weighted by Crippen LogP contribution is 2.30. The Labute approximate surface area is 252 Å². The van der Waals surface area contributed by atoms with Crippen molar-refractivity contribution in [2.24, 2.45) is 7.05 Å². The average Bonchev–Trinajstić information content (AvgIpc) is 3.40. The summed E-state index contributed by atoms with van der Waals surface area (Å²) in [4.78, 5) is 37.3. The highest BCUT2D eigenvalue weighted by molar-refractivity contribution is 7.89. The molecule has 1 amide bonds. The molecule has 1 aliphatic rings. The van der Waals surface area contributed by atoms with Gasteiger partial charge in [0.25, 0.3) is 11.5 Å². The van der Waals surface area contributed by atoms with Gasteiger partial charge >= 0.3 is 0 Å². The maximum atomic E-state index is 13.6. The van der Waals surface area contributed by atoms with E-state index in [1.165, 1.54) is 28.8 Å². The number of carbonyl (C=O) groups is 1. The van der Waals surface area contributed by atoms with Crippen LogP contribution < -0.4 is 25.2 Å². The van der Waals surface area contributed by atoms with Crippen molar-refractivity contribution in [1.29, 1.82) is 0 Å². The van der Waals surface area contributed by atoms with Crippen LogP contribution in [0.1, 0.15) is 41.0 Å². The second-order valence-corrected chi connectivity index (χ2v) is 12.7. The van der Waals surface area contributed by atoms with Crippen LogP contribution in [0.25, 0.3) is 10.9 Å². The molecule has 0 radical (unpaired) electrons. The summed E-state index contributed by atoms with van der Waals surface area (Å²) in [5.74, 6) is -0.241.